The zero-order valence-electron chi connectivity index (χ0n) is 17.6. The summed E-state index contributed by atoms with van der Waals surface area (Å²) in [5.74, 6) is 0.477. The number of carbonyl (C=O) groups excluding carboxylic acids is 1. The first kappa shape index (κ1) is 19.8. The number of benzene rings is 3. The summed E-state index contributed by atoms with van der Waals surface area (Å²) in [6.07, 6.45) is -0.821. The smallest absolute Gasteiger partial charge is 0.326 e. The maximum absolute atomic E-state index is 13.1. The summed E-state index contributed by atoms with van der Waals surface area (Å²) >= 11 is 0. The summed E-state index contributed by atoms with van der Waals surface area (Å²) in [5.41, 5.74) is 4.19. The Morgan fingerprint density at radius 1 is 0.903 bits per heavy atom. The van der Waals surface area contributed by atoms with E-state index >= 15 is 0 Å². The van der Waals surface area contributed by atoms with Crippen LogP contribution >= 0.6 is 0 Å². The molecule has 5 rings (SSSR count). The van der Waals surface area contributed by atoms with E-state index in [1.165, 1.54) is 0 Å². The van der Waals surface area contributed by atoms with Gasteiger partial charge in [0.2, 0.25) is 0 Å². The summed E-state index contributed by atoms with van der Waals surface area (Å²) < 4.78 is 17.7. The molecule has 0 saturated carbocycles. The van der Waals surface area contributed by atoms with Crippen LogP contribution in [0.3, 0.4) is 0 Å². The van der Waals surface area contributed by atoms with Crippen molar-refractivity contribution in [2.45, 2.75) is 31.3 Å². The van der Waals surface area contributed by atoms with Crippen LogP contribution in [-0.4, -0.2) is 30.6 Å². The van der Waals surface area contributed by atoms with Crippen molar-refractivity contribution >= 4 is 5.97 Å². The Morgan fingerprint density at radius 2 is 1.65 bits per heavy atom. The lowest BCUT2D eigenvalue weighted by Crippen LogP contribution is -2.49. The third-order valence-electron chi connectivity index (χ3n) is 6.07. The van der Waals surface area contributed by atoms with E-state index in [1.807, 2.05) is 48.5 Å². The molecule has 2 heterocycles. The number of cyclic esters (lactones) is 1. The number of carbonyl (C=O) groups is 1. The molecule has 2 aliphatic rings. The maximum Gasteiger partial charge on any atom is 0.326 e. The molecule has 0 spiro atoms. The molecule has 0 bridgehead atoms. The zero-order chi connectivity index (χ0) is 21.4. The molecule has 3 aromatic rings. The number of nitrogens with zero attached hydrogens (tertiary/aromatic N) is 1. The number of morpholine rings is 1. The van der Waals surface area contributed by atoms with Crippen molar-refractivity contribution in [3.05, 3.63) is 101 Å². The SMILES string of the molecule is COc1cccc([C@H]2O[C@@H](c3cccc(C)c3)N3C2C(=O)OC[C@@H]3c2ccccc2)c1. The molecule has 31 heavy (non-hydrogen) atoms. The van der Waals surface area contributed by atoms with Gasteiger partial charge in [0.05, 0.1) is 13.2 Å². The van der Waals surface area contributed by atoms with E-state index < -0.39 is 12.1 Å². The highest BCUT2D eigenvalue weighted by atomic mass is 16.6. The van der Waals surface area contributed by atoms with Crippen LogP contribution in [0.15, 0.2) is 78.9 Å². The topological polar surface area (TPSA) is 48.0 Å². The number of aryl methyl sites for hydroxylation is 1. The molecule has 2 fully saturated rings. The predicted molar refractivity (Wildman–Crippen MR) is 117 cm³/mol. The van der Waals surface area contributed by atoms with E-state index in [0.29, 0.717) is 6.61 Å². The zero-order valence-corrected chi connectivity index (χ0v) is 17.6. The standard InChI is InChI=1S/C26H25NO4/c1-17-8-6-12-20(14-17)25-27-22(18-9-4-3-5-10-18)16-30-26(28)23(27)24(31-25)19-11-7-13-21(15-19)29-2/h3-15,22-25H,16H2,1-2H3/t22-,23?,24-,25+/m1/s1. The fourth-order valence-electron chi connectivity index (χ4n) is 4.62. The number of fused-ring (bicyclic) bond motifs is 1. The lowest BCUT2D eigenvalue weighted by Gasteiger charge is -2.39. The minimum absolute atomic E-state index is 0.0926. The van der Waals surface area contributed by atoms with Crippen LogP contribution < -0.4 is 4.74 Å². The first-order chi connectivity index (χ1) is 15.2. The molecule has 0 radical (unpaired) electrons. The minimum atomic E-state index is -0.545. The van der Waals surface area contributed by atoms with Gasteiger partial charge in [-0.1, -0.05) is 72.3 Å². The number of ether oxygens (including phenoxy) is 3. The predicted octanol–water partition coefficient (Wildman–Crippen LogP) is 4.74. The minimum Gasteiger partial charge on any atom is -0.497 e. The molecule has 2 aliphatic heterocycles. The van der Waals surface area contributed by atoms with Gasteiger partial charge in [0.15, 0.2) is 0 Å². The first-order valence-corrected chi connectivity index (χ1v) is 10.5. The first-order valence-electron chi connectivity index (χ1n) is 10.5. The van der Waals surface area contributed by atoms with Crippen molar-refractivity contribution in [2.24, 2.45) is 0 Å². The Labute approximate surface area is 182 Å². The number of hydrogen-bond acceptors (Lipinski definition) is 5. The molecule has 4 atom stereocenters. The average molecular weight is 415 g/mol. The van der Waals surface area contributed by atoms with E-state index in [1.54, 1.807) is 7.11 Å². The number of methoxy groups -OCH3 is 1. The van der Waals surface area contributed by atoms with Gasteiger partial charge in [0.25, 0.3) is 0 Å². The molecular formula is C26H25NO4. The highest BCUT2D eigenvalue weighted by Gasteiger charge is 2.54. The Kier molecular flexibility index (Phi) is 5.22. The molecule has 2 saturated heterocycles. The van der Waals surface area contributed by atoms with E-state index in [-0.39, 0.29) is 18.2 Å². The van der Waals surface area contributed by atoms with E-state index in [2.05, 4.69) is 42.2 Å². The molecule has 3 aromatic carbocycles. The number of esters is 1. The monoisotopic (exact) mass is 415 g/mol. The van der Waals surface area contributed by atoms with Gasteiger partial charge in [-0.2, -0.15) is 0 Å². The van der Waals surface area contributed by atoms with E-state index in [4.69, 9.17) is 14.2 Å². The van der Waals surface area contributed by atoms with Gasteiger partial charge in [0, 0.05) is 0 Å². The molecular weight excluding hydrogens is 390 g/mol. The summed E-state index contributed by atoms with van der Waals surface area (Å²) in [4.78, 5) is 15.2. The van der Waals surface area contributed by atoms with Crippen LogP contribution in [0.1, 0.15) is 40.6 Å². The third kappa shape index (κ3) is 3.60. The quantitative estimate of drug-likeness (QED) is 0.576. The van der Waals surface area contributed by atoms with Gasteiger partial charge in [-0.05, 0) is 35.7 Å². The molecule has 5 heteroatoms. The highest BCUT2D eigenvalue weighted by Crippen LogP contribution is 2.49. The summed E-state index contributed by atoms with van der Waals surface area (Å²) in [6, 6.07) is 25.5. The van der Waals surface area contributed by atoms with Crippen LogP contribution in [-0.2, 0) is 14.3 Å². The van der Waals surface area contributed by atoms with Gasteiger partial charge >= 0.3 is 5.97 Å². The molecule has 0 aromatic heterocycles. The highest BCUT2D eigenvalue weighted by molar-refractivity contribution is 5.78. The van der Waals surface area contributed by atoms with E-state index in [0.717, 1.165) is 28.0 Å². The van der Waals surface area contributed by atoms with Gasteiger partial charge in [0.1, 0.15) is 30.7 Å². The normalized spacial score (nSPS) is 25.7. The van der Waals surface area contributed by atoms with Gasteiger partial charge in [-0.3, -0.25) is 4.79 Å². The lowest BCUT2D eigenvalue weighted by atomic mass is 9.96. The van der Waals surface area contributed by atoms with Crippen molar-refractivity contribution in [1.29, 1.82) is 0 Å². The summed E-state index contributed by atoms with van der Waals surface area (Å²) in [5, 5.41) is 0. The van der Waals surface area contributed by atoms with Crippen LogP contribution in [0.2, 0.25) is 0 Å². The van der Waals surface area contributed by atoms with Crippen molar-refractivity contribution in [2.75, 3.05) is 13.7 Å². The second-order valence-electron chi connectivity index (χ2n) is 8.05. The largest absolute Gasteiger partial charge is 0.497 e. The van der Waals surface area contributed by atoms with Gasteiger partial charge < -0.3 is 14.2 Å². The fourth-order valence-corrected chi connectivity index (χ4v) is 4.62. The average Bonchev–Trinajstić information content (AvgIpc) is 3.22. The van der Waals surface area contributed by atoms with Crippen molar-refractivity contribution in [3.63, 3.8) is 0 Å². The molecule has 1 unspecified atom stereocenters. The van der Waals surface area contributed by atoms with Crippen molar-refractivity contribution in [3.8, 4) is 5.75 Å². The molecule has 0 amide bonds. The number of rotatable bonds is 4. The molecule has 0 aliphatic carbocycles. The van der Waals surface area contributed by atoms with Crippen LogP contribution in [0, 0.1) is 6.92 Å². The van der Waals surface area contributed by atoms with Crippen molar-refractivity contribution in [1.82, 2.24) is 4.90 Å². The fraction of sp³-hybridized carbons (Fsp3) is 0.269. The summed E-state index contributed by atoms with van der Waals surface area (Å²) in [6.45, 7) is 2.37. The Balaban J connectivity index is 1.62. The Bertz CT molecular complexity index is 1080. The summed E-state index contributed by atoms with van der Waals surface area (Å²) in [7, 11) is 1.64. The second kappa shape index (κ2) is 8.17. The molecule has 0 N–H and O–H groups in total. The third-order valence-corrected chi connectivity index (χ3v) is 6.07. The lowest BCUT2D eigenvalue weighted by molar-refractivity contribution is -0.163. The van der Waals surface area contributed by atoms with Crippen LogP contribution in [0.25, 0.3) is 0 Å². The van der Waals surface area contributed by atoms with Crippen LogP contribution in [0.5, 0.6) is 5.75 Å². The number of hydrogen-bond donors (Lipinski definition) is 0. The van der Waals surface area contributed by atoms with Gasteiger partial charge in [-0.15, -0.1) is 0 Å². The molecule has 158 valence electrons. The Morgan fingerprint density at radius 3 is 2.42 bits per heavy atom. The molecule has 5 nitrogen and oxygen atoms in total. The Hall–Kier alpha value is -3.15. The van der Waals surface area contributed by atoms with Gasteiger partial charge in [-0.25, -0.2) is 4.90 Å². The van der Waals surface area contributed by atoms with Crippen LogP contribution in [0.4, 0.5) is 0 Å². The van der Waals surface area contributed by atoms with Crippen molar-refractivity contribution < 1.29 is 19.0 Å². The maximum atomic E-state index is 13.1. The second-order valence-corrected chi connectivity index (χ2v) is 8.05. The van der Waals surface area contributed by atoms with E-state index in [9.17, 15) is 4.79 Å².